The molecule has 154 valence electrons. The van der Waals surface area contributed by atoms with Crippen molar-refractivity contribution in [2.75, 3.05) is 18.1 Å². The summed E-state index contributed by atoms with van der Waals surface area (Å²) in [5.74, 6) is 0.772. The second-order valence-electron chi connectivity index (χ2n) is 7.96. The molecular formula is C23H23FN4OS. The van der Waals surface area contributed by atoms with Gasteiger partial charge in [0.15, 0.2) is 0 Å². The number of thioether (sulfide) groups is 1. The van der Waals surface area contributed by atoms with Crippen LogP contribution in [0.15, 0.2) is 48.7 Å². The standard InChI is InChI=1S/C23H23FN4OS/c1-23(2)13-26-21(29)17-6-4-14(11-18(17)23)20-8-9-25-22(28-20)27-16-5-7-19(24)15(10-16)12-30-3/h4-11H,12-13H2,1-3H3,(H,26,29)(H,25,27,28). The number of halogens is 1. The Morgan fingerprint density at radius 2 is 2.03 bits per heavy atom. The summed E-state index contributed by atoms with van der Waals surface area (Å²) in [5.41, 5.74) is 4.61. The fourth-order valence-electron chi connectivity index (χ4n) is 3.58. The fraction of sp³-hybridized carbons (Fsp3) is 0.261. The third-order valence-electron chi connectivity index (χ3n) is 5.24. The zero-order valence-corrected chi connectivity index (χ0v) is 17.9. The summed E-state index contributed by atoms with van der Waals surface area (Å²) in [7, 11) is 0. The number of amides is 1. The summed E-state index contributed by atoms with van der Waals surface area (Å²) in [4.78, 5) is 21.1. The summed E-state index contributed by atoms with van der Waals surface area (Å²) < 4.78 is 13.9. The first-order valence-corrected chi connectivity index (χ1v) is 11.1. The van der Waals surface area contributed by atoms with Crippen molar-refractivity contribution in [2.45, 2.75) is 25.0 Å². The Bertz CT molecular complexity index is 1120. The van der Waals surface area contributed by atoms with Crippen LogP contribution in [0.5, 0.6) is 0 Å². The summed E-state index contributed by atoms with van der Waals surface area (Å²) >= 11 is 1.57. The normalized spacial score (nSPS) is 14.7. The van der Waals surface area contributed by atoms with E-state index >= 15 is 0 Å². The van der Waals surface area contributed by atoms with Gasteiger partial charge in [-0.2, -0.15) is 11.8 Å². The van der Waals surface area contributed by atoms with Crippen molar-refractivity contribution >= 4 is 29.3 Å². The van der Waals surface area contributed by atoms with Crippen molar-refractivity contribution < 1.29 is 9.18 Å². The number of hydrogen-bond donors (Lipinski definition) is 2. The first-order chi connectivity index (χ1) is 14.4. The lowest BCUT2D eigenvalue weighted by Crippen LogP contribution is -2.43. The van der Waals surface area contributed by atoms with Crippen LogP contribution in [0.1, 0.15) is 35.3 Å². The van der Waals surface area contributed by atoms with E-state index in [4.69, 9.17) is 0 Å². The number of nitrogens with one attached hydrogen (secondary N) is 2. The zero-order chi connectivity index (χ0) is 21.3. The van der Waals surface area contributed by atoms with E-state index < -0.39 is 0 Å². The third kappa shape index (κ3) is 4.03. The van der Waals surface area contributed by atoms with Gasteiger partial charge < -0.3 is 10.6 Å². The average molecular weight is 423 g/mol. The molecule has 1 aliphatic heterocycles. The summed E-state index contributed by atoms with van der Waals surface area (Å²) in [5, 5.41) is 6.10. The molecule has 4 rings (SSSR count). The van der Waals surface area contributed by atoms with Crippen LogP contribution in [0.25, 0.3) is 11.3 Å². The topological polar surface area (TPSA) is 66.9 Å². The van der Waals surface area contributed by atoms with Gasteiger partial charge in [0.2, 0.25) is 5.95 Å². The molecule has 1 aliphatic rings. The second kappa shape index (κ2) is 8.07. The van der Waals surface area contributed by atoms with Crippen LogP contribution in [0.3, 0.4) is 0 Å². The summed E-state index contributed by atoms with van der Waals surface area (Å²) in [6.45, 7) is 4.83. The Morgan fingerprint density at radius 1 is 1.20 bits per heavy atom. The van der Waals surface area contributed by atoms with Gasteiger partial charge >= 0.3 is 0 Å². The first kappa shape index (κ1) is 20.3. The van der Waals surface area contributed by atoms with Crippen LogP contribution in [-0.2, 0) is 11.2 Å². The van der Waals surface area contributed by atoms with E-state index in [9.17, 15) is 9.18 Å². The highest BCUT2D eigenvalue weighted by Crippen LogP contribution is 2.33. The van der Waals surface area contributed by atoms with Crippen LogP contribution in [0.4, 0.5) is 16.0 Å². The zero-order valence-electron chi connectivity index (χ0n) is 17.1. The van der Waals surface area contributed by atoms with Gasteiger partial charge in [-0.25, -0.2) is 14.4 Å². The average Bonchev–Trinajstić information content (AvgIpc) is 2.74. The van der Waals surface area contributed by atoms with Crippen LogP contribution in [0.2, 0.25) is 0 Å². The Labute approximate surface area is 179 Å². The van der Waals surface area contributed by atoms with Gasteiger partial charge in [0, 0.05) is 40.7 Å². The van der Waals surface area contributed by atoms with E-state index in [0.29, 0.717) is 29.4 Å². The molecule has 1 amide bonds. The van der Waals surface area contributed by atoms with Crippen LogP contribution in [-0.4, -0.2) is 28.7 Å². The van der Waals surface area contributed by atoms with Crippen molar-refractivity contribution in [3.8, 4) is 11.3 Å². The number of anilines is 2. The SMILES string of the molecule is CSCc1cc(Nc2nccc(-c3ccc4c(c3)C(C)(C)CNC4=O)n2)ccc1F. The lowest BCUT2D eigenvalue weighted by Gasteiger charge is -2.32. The minimum atomic E-state index is -0.217. The lowest BCUT2D eigenvalue weighted by atomic mass is 9.78. The maximum Gasteiger partial charge on any atom is 0.251 e. The highest BCUT2D eigenvalue weighted by atomic mass is 32.2. The van der Waals surface area contributed by atoms with Crippen LogP contribution < -0.4 is 10.6 Å². The summed E-state index contributed by atoms with van der Waals surface area (Å²) in [6, 6.07) is 12.5. The molecule has 2 heterocycles. The Balaban J connectivity index is 1.65. The molecule has 0 unspecified atom stereocenters. The highest BCUT2D eigenvalue weighted by Gasteiger charge is 2.31. The number of fused-ring (bicyclic) bond motifs is 1. The number of carbonyl (C=O) groups is 1. The van der Waals surface area contributed by atoms with Gasteiger partial charge in [-0.05, 0) is 53.8 Å². The predicted octanol–water partition coefficient (Wildman–Crippen LogP) is 4.91. The first-order valence-electron chi connectivity index (χ1n) is 9.68. The monoisotopic (exact) mass is 422 g/mol. The molecule has 0 atom stereocenters. The molecule has 0 saturated heterocycles. The van der Waals surface area contributed by atoms with Gasteiger partial charge in [0.05, 0.1) is 5.69 Å². The van der Waals surface area contributed by atoms with Gasteiger partial charge in [-0.15, -0.1) is 0 Å². The Morgan fingerprint density at radius 3 is 2.83 bits per heavy atom. The predicted molar refractivity (Wildman–Crippen MR) is 120 cm³/mol. The van der Waals surface area contributed by atoms with E-state index in [-0.39, 0.29) is 17.1 Å². The molecule has 1 aromatic heterocycles. The van der Waals surface area contributed by atoms with Gasteiger partial charge in [-0.1, -0.05) is 19.9 Å². The summed E-state index contributed by atoms with van der Waals surface area (Å²) in [6.07, 6.45) is 3.63. The Hall–Kier alpha value is -2.93. The molecule has 0 aliphatic carbocycles. The largest absolute Gasteiger partial charge is 0.351 e. The second-order valence-corrected chi connectivity index (χ2v) is 8.82. The van der Waals surface area contributed by atoms with E-state index in [0.717, 1.165) is 22.5 Å². The minimum Gasteiger partial charge on any atom is -0.351 e. The van der Waals surface area contributed by atoms with Gasteiger partial charge in [0.1, 0.15) is 5.82 Å². The van der Waals surface area contributed by atoms with Crippen molar-refractivity contribution in [3.63, 3.8) is 0 Å². The molecule has 0 saturated carbocycles. The molecule has 0 fully saturated rings. The van der Waals surface area contributed by atoms with E-state index in [1.807, 2.05) is 30.5 Å². The molecule has 2 aromatic carbocycles. The van der Waals surface area contributed by atoms with Crippen molar-refractivity contribution in [3.05, 3.63) is 71.2 Å². The number of rotatable bonds is 5. The molecule has 5 nitrogen and oxygen atoms in total. The molecule has 3 aromatic rings. The molecule has 2 N–H and O–H groups in total. The van der Waals surface area contributed by atoms with E-state index in [2.05, 4.69) is 34.4 Å². The van der Waals surface area contributed by atoms with Crippen molar-refractivity contribution in [2.24, 2.45) is 0 Å². The van der Waals surface area contributed by atoms with Crippen LogP contribution in [0, 0.1) is 5.82 Å². The van der Waals surface area contributed by atoms with E-state index in [1.54, 1.807) is 30.1 Å². The number of carbonyl (C=O) groups excluding carboxylic acids is 1. The Kier molecular flexibility index (Phi) is 5.47. The number of nitrogens with zero attached hydrogens (tertiary/aromatic N) is 2. The van der Waals surface area contributed by atoms with Crippen molar-refractivity contribution in [1.82, 2.24) is 15.3 Å². The molecule has 0 radical (unpaired) electrons. The molecule has 0 spiro atoms. The third-order valence-corrected chi connectivity index (χ3v) is 5.84. The maximum atomic E-state index is 13.9. The molecular weight excluding hydrogens is 399 g/mol. The van der Waals surface area contributed by atoms with E-state index in [1.165, 1.54) is 6.07 Å². The van der Waals surface area contributed by atoms with Gasteiger partial charge in [-0.3, -0.25) is 4.79 Å². The molecule has 0 bridgehead atoms. The molecule has 7 heteroatoms. The smallest absolute Gasteiger partial charge is 0.251 e. The number of hydrogen-bond acceptors (Lipinski definition) is 5. The maximum absolute atomic E-state index is 13.9. The quantitative estimate of drug-likeness (QED) is 0.612. The lowest BCUT2D eigenvalue weighted by molar-refractivity contribution is 0.0930. The minimum absolute atomic E-state index is 0.0433. The van der Waals surface area contributed by atoms with Crippen LogP contribution >= 0.6 is 11.8 Å². The van der Waals surface area contributed by atoms with Gasteiger partial charge in [0.25, 0.3) is 5.91 Å². The highest BCUT2D eigenvalue weighted by molar-refractivity contribution is 7.97. The molecule has 30 heavy (non-hydrogen) atoms. The fourth-order valence-corrected chi connectivity index (χ4v) is 4.11. The number of benzene rings is 2. The van der Waals surface area contributed by atoms with Crippen molar-refractivity contribution in [1.29, 1.82) is 0 Å². The number of aromatic nitrogens is 2.